The van der Waals surface area contributed by atoms with Gasteiger partial charge in [0.05, 0.1) is 18.1 Å². The van der Waals surface area contributed by atoms with Crippen molar-refractivity contribution in [2.45, 2.75) is 25.5 Å². The molecular formula is C14H23NO3S. The highest BCUT2D eigenvalue weighted by atomic mass is 32.2. The zero-order valence-electron chi connectivity index (χ0n) is 11.8. The molecule has 0 aliphatic rings. The van der Waals surface area contributed by atoms with Crippen LogP contribution in [0.2, 0.25) is 0 Å². The van der Waals surface area contributed by atoms with Crippen LogP contribution < -0.4 is 10.1 Å². The Balaban J connectivity index is 2.32. The van der Waals surface area contributed by atoms with E-state index in [1.54, 1.807) is 21.0 Å². The molecule has 0 heterocycles. The molecular weight excluding hydrogens is 262 g/mol. The fourth-order valence-corrected chi connectivity index (χ4v) is 2.61. The van der Waals surface area contributed by atoms with E-state index in [4.69, 9.17) is 4.74 Å². The van der Waals surface area contributed by atoms with E-state index in [0.717, 1.165) is 24.3 Å². The smallest absolute Gasteiger partial charge is 0.153 e. The number of methoxy groups -OCH3 is 1. The van der Waals surface area contributed by atoms with E-state index in [2.05, 4.69) is 5.32 Å². The minimum Gasteiger partial charge on any atom is -0.496 e. The number of hydrogen-bond acceptors (Lipinski definition) is 4. The van der Waals surface area contributed by atoms with Crippen LogP contribution in [0.1, 0.15) is 19.4 Å². The molecule has 1 rings (SSSR count). The summed E-state index contributed by atoms with van der Waals surface area (Å²) in [6.07, 6.45) is 0.825. The highest BCUT2D eigenvalue weighted by Crippen LogP contribution is 2.17. The molecule has 108 valence electrons. The summed E-state index contributed by atoms with van der Waals surface area (Å²) in [5.74, 6) is 1.07. The summed E-state index contributed by atoms with van der Waals surface area (Å²) < 4.78 is 28.5. The summed E-state index contributed by atoms with van der Waals surface area (Å²) in [6, 6.07) is 7.86. The highest BCUT2D eigenvalue weighted by Gasteiger charge is 2.14. The van der Waals surface area contributed by atoms with Crippen molar-refractivity contribution in [3.05, 3.63) is 29.8 Å². The lowest BCUT2D eigenvalue weighted by atomic mass is 10.1. The Labute approximate surface area is 116 Å². The first-order valence-electron chi connectivity index (χ1n) is 6.51. The molecule has 19 heavy (non-hydrogen) atoms. The van der Waals surface area contributed by atoms with Crippen molar-refractivity contribution < 1.29 is 13.2 Å². The van der Waals surface area contributed by atoms with Crippen molar-refractivity contribution in [2.75, 3.05) is 26.0 Å². The molecule has 0 unspecified atom stereocenters. The van der Waals surface area contributed by atoms with E-state index in [1.807, 2.05) is 24.3 Å². The number of ether oxygens (including phenoxy) is 1. The summed E-state index contributed by atoms with van der Waals surface area (Å²) in [5, 5.41) is 2.86. The minimum atomic E-state index is -2.94. The Morgan fingerprint density at radius 2 is 1.89 bits per heavy atom. The number of para-hydroxylation sites is 1. The molecule has 1 aromatic rings. The van der Waals surface area contributed by atoms with E-state index in [-0.39, 0.29) is 11.0 Å². The maximum Gasteiger partial charge on any atom is 0.153 e. The summed E-state index contributed by atoms with van der Waals surface area (Å²) in [4.78, 5) is 0. The first kappa shape index (κ1) is 16.0. The number of sulfone groups is 1. The highest BCUT2D eigenvalue weighted by molar-refractivity contribution is 7.92. The average Bonchev–Trinajstić information content (AvgIpc) is 2.38. The van der Waals surface area contributed by atoms with Gasteiger partial charge >= 0.3 is 0 Å². The molecule has 5 heteroatoms. The van der Waals surface area contributed by atoms with Crippen molar-refractivity contribution in [3.63, 3.8) is 0 Å². The van der Waals surface area contributed by atoms with Gasteiger partial charge < -0.3 is 10.1 Å². The fraction of sp³-hybridized carbons (Fsp3) is 0.571. The summed E-state index contributed by atoms with van der Waals surface area (Å²) in [6.45, 7) is 4.66. The van der Waals surface area contributed by atoms with Crippen LogP contribution in [0, 0.1) is 0 Å². The largest absolute Gasteiger partial charge is 0.496 e. The lowest BCUT2D eigenvalue weighted by Crippen LogP contribution is -2.28. The van der Waals surface area contributed by atoms with Crippen LogP contribution in [-0.4, -0.2) is 39.6 Å². The van der Waals surface area contributed by atoms with E-state index in [9.17, 15) is 8.42 Å². The maximum absolute atomic E-state index is 11.6. The lowest BCUT2D eigenvalue weighted by Gasteiger charge is -2.10. The van der Waals surface area contributed by atoms with Gasteiger partial charge in [-0.05, 0) is 38.4 Å². The Hall–Kier alpha value is -1.07. The standard InChI is InChI=1S/C14H23NO3S/c1-12(2)19(16,17)11-10-15-9-8-13-6-4-5-7-14(13)18-3/h4-7,12,15H,8-11H2,1-3H3. The van der Waals surface area contributed by atoms with Crippen molar-refractivity contribution in [1.82, 2.24) is 5.32 Å². The van der Waals surface area contributed by atoms with Crippen molar-refractivity contribution in [1.29, 1.82) is 0 Å². The predicted octanol–water partition coefficient (Wildman–Crippen LogP) is 1.65. The number of benzene rings is 1. The Kier molecular flexibility index (Phi) is 6.31. The Bertz CT molecular complexity index is 483. The Morgan fingerprint density at radius 3 is 2.53 bits per heavy atom. The van der Waals surface area contributed by atoms with Crippen LogP contribution in [0.3, 0.4) is 0 Å². The third kappa shape index (κ3) is 5.20. The van der Waals surface area contributed by atoms with Gasteiger partial charge in [-0.2, -0.15) is 0 Å². The summed E-state index contributed by atoms with van der Waals surface area (Å²) in [5.41, 5.74) is 1.13. The predicted molar refractivity (Wildman–Crippen MR) is 78.5 cm³/mol. The molecule has 0 saturated heterocycles. The molecule has 0 saturated carbocycles. The van der Waals surface area contributed by atoms with Gasteiger partial charge in [0.2, 0.25) is 0 Å². The third-order valence-corrected chi connectivity index (χ3v) is 5.25. The second-order valence-electron chi connectivity index (χ2n) is 4.73. The van der Waals surface area contributed by atoms with Crippen molar-refractivity contribution in [2.24, 2.45) is 0 Å². The van der Waals surface area contributed by atoms with Crippen LogP contribution in [0.15, 0.2) is 24.3 Å². The van der Waals surface area contributed by atoms with Gasteiger partial charge in [-0.25, -0.2) is 8.42 Å². The van der Waals surface area contributed by atoms with Gasteiger partial charge in [-0.15, -0.1) is 0 Å². The second kappa shape index (κ2) is 7.50. The normalized spacial score (nSPS) is 11.8. The zero-order valence-corrected chi connectivity index (χ0v) is 12.7. The molecule has 0 fully saturated rings. The van der Waals surface area contributed by atoms with E-state index in [0.29, 0.717) is 6.54 Å². The third-order valence-electron chi connectivity index (χ3n) is 3.05. The monoisotopic (exact) mass is 285 g/mol. The van der Waals surface area contributed by atoms with Gasteiger partial charge in [-0.3, -0.25) is 0 Å². The maximum atomic E-state index is 11.6. The van der Waals surface area contributed by atoms with Crippen LogP contribution in [-0.2, 0) is 16.3 Å². The zero-order chi connectivity index (χ0) is 14.3. The van der Waals surface area contributed by atoms with Crippen LogP contribution in [0.25, 0.3) is 0 Å². The van der Waals surface area contributed by atoms with E-state index >= 15 is 0 Å². The van der Waals surface area contributed by atoms with Gasteiger partial charge in [0.1, 0.15) is 5.75 Å². The summed E-state index contributed by atoms with van der Waals surface area (Å²) >= 11 is 0. The summed E-state index contributed by atoms with van der Waals surface area (Å²) in [7, 11) is -1.29. The molecule has 4 nitrogen and oxygen atoms in total. The number of nitrogens with one attached hydrogen (secondary N) is 1. The molecule has 0 amide bonds. The van der Waals surface area contributed by atoms with Crippen molar-refractivity contribution >= 4 is 9.84 Å². The first-order valence-corrected chi connectivity index (χ1v) is 8.23. The second-order valence-corrected chi connectivity index (χ2v) is 7.40. The molecule has 0 spiro atoms. The SMILES string of the molecule is COc1ccccc1CCNCCS(=O)(=O)C(C)C. The molecule has 1 N–H and O–H groups in total. The molecule has 0 aliphatic heterocycles. The molecule has 1 aromatic carbocycles. The van der Waals surface area contributed by atoms with Gasteiger partial charge in [-0.1, -0.05) is 18.2 Å². The van der Waals surface area contributed by atoms with Crippen LogP contribution in [0.5, 0.6) is 5.75 Å². The Morgan fingerprint density at radius 1 is 1.21 bits per heavy atom. The number of hydrogen-bond donors (Lipinski definition) is 1. The molecule has 0 atom stereocenters. The van der Waals surface area contributed by atoms with Gasteiger partial charge in [0.15, 0.2) is 9.84 Å². The van der Waals surface area contributed by atoms with Gasteiger partial charge in [0.25, 0.3) is 0 Å². The quantitative estimate of drug-likeness (QED) is 0.738. The van der Waals surface area contributed by atoms with E-state index < -0.39 is 9.84 Å². The number of rotatable bonds is 8. The van der Waals surface area contributed by atoms with E-state index in [1.165, 1.54) is 0 Å². The molecule has 0 bridgehead atoms. The minimum absolute atomic E-state index is 0.191. The van der Waals surface area contributed by atoms with Crippen molar-refractivity contribution in [3.8, 4) is 5.75 Å². The molecule has 0 aromatic heterocycles. The lowest BCUT2D eigenvalue weighted by molar-refractivity contribution is 0.409. The molecule has 0 radical (unpaired) electrons. The first-order chi connectivity index (χ1) is 8.97. The van der Waals surface area contributed by atoms with Gasteiger partial charge in [0, 0.05) is 6.54 Å². The average molecular weight is 285 g/mol. The topological polar surface area (TPSA) is 55.4 Å². The van der Waals surface area contributed by atoms with Crippen LogP contribution >= 0.6 is 0 Å². The fourth-order valence-electron chi connectivity index (χ4n) is 1.71. The molecule has 0 aliphatic carbocycles. The van der Waals surface area contributed by atoms with Crippen LogP contribution in [0.4, 0.5) is 0 Å².